The smallest absolute Gasteiger partial charge is 0.268 e. The molecule has 1 heterocycles. The number of hydrogen-bond donors (Lipinski definition) is 0. The number of benzene rings is 2. The molecule has 0 N–H and O–H groups in total. The lowest BCUT2D eigenvalue weighted by Gasteiger charge is -2.16. The predicted octanol–water partition coefficient (Wildman–Crippen LogP) is 4.74. The van der Waals surface area contributed by atoms with Gasteiger partial charge in [-0.05, 0) is 54.8 Å². The highest BCUT2D eigenvalue weighted by Crippen LogP contribution is 2.37. The summed E-state index contributed by atoms with van der Waals surface area (Å²) in [4.78, 5) is 27.6. The van der Waals surface area contributed by atoms with E-state index in [9.17, 15) is 14.0 Å². The summed E-state index contributed by atoms with van der Waals surface area (Å²) in [6.45, 7) is 8.25. The van der Waals surface area contributed by atoms with Gasteiger partial charge in [0.15, 0.2) is 0 Å². The monoisotopic (exact) mass is 413 g/mol. The standard InChI is InChI=1S/C23H24FNO3S/c1-14(2)29-21-20(17-5-7-18(24)8-6-17)22(26)25(23(21)27)9-10-28-19-12-15(3)11-16(4)13-19/h5-8,11-14H,9-10H2,1-4H3. The summed E-state index contributed by atoms with van der Waals surface area (Å²) in [5.74, 6) is -0.362. The second-order valence-corrected chi connectivity index (χ2v) is 8.90. The summed E-state index contributed by atoms with van der Waals surface area (Å²) in [6.07, 6.45) is 0. The predicted molar refractivity (Wildman–Crippen MR) is 114 cm³/mol. The van der Waals surface area contributed by atoms with Crippen molar-refractivity contribution in [2.75, 3.05) is 13.2 Å². The van der Waals surface area contributed by atoms with E-state index in [1.165, 1.54) is 40.9 Å². The molecule has 0 aromatic heterocycles. The minimum absolute atomic E-state index is 0.128. The van der Waals surface area contributed by atoms with Crippen molar-refractivity contribution in [3.63, 3.8) is 0 Å². The Kier molecular flexibility index (Phi) is 6.42. The van der Waals surface area contributed by atoms with E-state index >= 15 is 0 Å². The van der Waals surface area contributed by atoms with Crippen molar-refractivity contribution in [3.8, 4) is 5.75 Å². The fraction of sp³-hybridized carbons (Fsp3) is 0.304. The first kappa shape index (κ1) is 21.1. The maximum absolute atomic E-state index is 13.3. The van der Waals surface area contributed by atoms with E-state index in [2.05, 4.69) is 6.07 Å². The van der Waals surface area contributed by atoms with Gasteiger partial charge in [-0.3, -0.25) is 14.5 Å². The lowest BCUT2D eigenvalue weighted by molar-refractivity contribution is -0.136. The van der Waals surface area contributed by atoms with Gasteiger partial charge in [0, 0.05) is 5.25 Å². The molecule has 0 saturated carbocycles. The van der Waals surface area contributed by atoms with Crippen LogP contribution >= 0.6 is 11.8 Å². The first-order chi connectivity index (χ1) is 13.8. The molecule has 0 radical (unpaired) electrons. The van der Waals surface area contributed by atoms with E-state index in [1.54, 1.807) is 0 Å². The Labute approximate surface area is 174 Å². The second-order valence-electron chi connectivity index (χ2n) is 7.31. The SMILES string of the molecule is Cc1cc(C)cc(OCCN2C(=O)C(SC(C)C)=C(c3ccc(F)cc3)C2=O)c1. The van der Waals surface area contributed by atoms with Gasteiger partial charge in [-0.25, -0.2) is 4.39 Å². The molecule has 2 aromatic rings. The Morgan fingerprint density at radius 1 is 1.00 bits per heavy atom. The van der Waals surface area contributed by atoms with E-state index in [-0.39, 0.29) is 36.0 Å². The lowest BCUT2D eigenvalue weighted by atomic mass is 10.1. The minimum atomic E-state index is -0.386. The maximum Gasteiger partial charge on any atom is 0.268 e. The quantitative estimate of drug-likeness (QED) is 0.615. The Balaban J connectivity index is 1.78. The summed E-state index contributed by atoms with van der Waals surface area (Å²) in [7, 11) is 0. The van der Waals surface area contributed by atoms with Gasteiger partial charge in [0.05, 0.1) is 17.0 Å². The van der Waals surface area contributed by atoms with Gasteiger partial charge < -0.3 is 4.74 Å². The third-order valence-electron chi connectivity index (χ3n) is 4.39. The number of halogens is 1. The molecule has 0 saturated heterocycles. The van der Waals surface area contributed by atoms with Crippen LogP contribution in [0.25, 0.3) is 5.57 Å². The lowest BCUT2D eigenvalue weighted by Crippen LogP contribution is -2.35. The van der Waals surface area contributed by atoms with Crippen molar-refractivity contribution >= 4 is 29.1 Å². The van der Waals surface area contributed by atoms with Crippen molar-refractivity contribution < 1.29 is 18.7 Å². The summed E-state index contributed by atoms with van der Waals surface area (Å²) >= 11 is 1.35. The van der Waals surface area contributed by atoms with Crippen molar-refractivity contribution in [2.45, 2.75) is 32.9 Å². The molecule has 0 spiro atoms. The zero-order valence-corrected chi connectivity index (χ0v) is 17.8. The molecular weight excluding hydrogens is 389 g/mol. The summed E-state index contributed by atoms with van der Waals surface area (Å²) in [5, 5.41) is 0.128. The van der Waals surface area contributed by atoms with Gasteiger partial charge in [0.2, 0.25) is 0 Å². The van der Waals surface area contributed by atoms with Crippen LogP contribution in [-0.2, 0) is 9.59 Å². The Hall–Kier alpha value is -2.60. The largest absolute Gasteiger partial charge is 0.492 e. The van der Waals surface area contributed by atoms with Crippen LogP contribution in [-0.4, -0.2) is 35.1 Å². The molecule has 0 bridgehead atoms. The maximum atomic E-state index is 13.3. The highest BCUT2D eigenvalue weighted by Gasteiger charge is 2.39. The normalized spacial score (nSPS) is 14.3. The third kappa shape index (κ3) is 4.88. The number of carbonyl (C=O) groups is 2. The molecule has 4 nitrogen and oxygen atoms in total. The number of rotatable bonds is 7. The molecule has 0 aliphatic carbocycles. The molecule has 0 unspecified atom stereocenters. The van der Waals surface area contributed by atoms with Crippen LogP contribution in [0.1, 0.15) is 30.5 Å². The molecular formula is C23H24FNO3S. The number of aryl methyl sites for hydroxylation is 2. The number of imide groups is 1. The highest BCUT2D eigenvalue weighted by atomic mass is 32.2. The van der Waals surface area contributed by atoms with E-state index in [0.717, 1.165) is 11.1 Å². The molecule has 3 rings (SSSR count). The number of hydrogen-bond acceptors (Lipinski definition) is 4. The van der Waals surface area contributed by atoms with Gasteiger partial charge in [-0.15, -0.1) is 11.8 Å². The molecule has 1 aliphatic heterocycles. The van der Waals surface area contributed by atoms with Crippen LogP contribution in [0.5, 0.6) is 5.75 Å². The first-order valence-electron chi connectivity index (χ1n) is 9.50. The fourth-order valence-electron chi connectivity index (χ4n) is 3.24. The molecule has 2 amide bonds. The second kappa shape index (κ2) is 8.82. The minimum Gasteiger partial charge on any atom is -0.492 e. The van der Waals surface area contributed by atoms with E-state index < -0.39 is 0 Å². The van der Waals surface area contributed by atoms with E-state index in [4.69, 9.17) is 4.74 Å². The van der Waals surface area contributed by atoms with Crippen molar-refractivity contribution in [1.29, 1.82) is 0 Å². The number of nitrogens with zero attached hydrogens (tertiary/aromatic N) is 1. The Bertz CT molecular complexity index is 946. The van der Waals surface area contributed by atoms with Crippen LogP contribution in [0.15, 0.2) is 47.4 Å². The van der Waals surface area contributed by atoms with Crippen LogP contribution < -0.4 is 4.74 Å². The average molecular weight is 414 g/mol. The molecule has 6 heteroatoms. The van der Waals surface area contributed by atoms with Gasteiger partial charge in [-0.2, -0.15) is 0 Å². The van der Waals surface area contributed by atoms with E-state index in [1.807, 2.05) is 39.8 Å². The molecule has 29 heavy (non-hydrogen) atoms. The number of ether oxygens (including phenoxy) is 1. The number of amides is 2. The third-order valence-corrected chi connectivity index (χ3v) is 5.48. The molecule has 0 fully saturated rings. The van der Waals surface area contributed by atoms with Crippen LogP contribution in [0.4, 0.5) is 4.39 Å². The average Bonchev–Trinajstić information content (AvgIpc) is 2.85. The van der Waals surface area contributed by atoms with Crippen LogP contribution in [0.2, 0.25) is 0 Å². The zero-order chi connectivity index (χ0) is 21.1. The van der Waals surface area contributed by atoms with Crippen LogP contribution in [0.3, 0.4) is 0 Å². The van der Waals surface area contributed by atoms with Crippen molar-refractivity contribution in [3.05, 3.63) is 69.9 Å². The van der Waals surface area contributed by atoms with Gasteiger partial charge in [0.25, 0.3) is 11.8 Å². The topological polar surface area (TPSA) is 46.6 Å². The van der Waals surface area contributed by atoms with Gasteiger partial charge in [0.1, 0.15) is 18.2 Å². The molecule has 1 aliphatic rings. The number of carbonyl (C=O) groups excluding carboxylic acids is 2. The fourth-order valence-corrected chi connectivity index (χ4v) is 4.25. The summed E-state index contributed by atoms with van der Waals surface area (Å²) in [6, 6.07) is 11.5. The molecule has 152 valence electrons. The van der Waals surface area contributed by atoms with Gasteiger partial charge >= 0.3 is 0 Å². The zero-order valence-electron chi connectivity index (χ0n) is 17.0. The summed E-state index contributed by atoms with van der Waals surface area (Å²) < 4.78 is 19.1. The van der Waals surface area contributed by atoms with Crippen LogP contribution in [0, 0.1) is 19.7 Å². The van der Waals surface area contributed by atoms with Gasteiger partial charge in [-0.1, -0.05) is 32.0 Å². The van der Waals surface area contributed by atoms with Crippen molar-refractivity contribution in [2.24, 2.45) is 0 Å². The Morgan fingerprint density at radius 2 is 1.62 bits per heavy atom. The van der Waals surface area contributed by atoms with E-state index in [0.29, 0.717) is 21.8 Å². The molecule has 2 aromatic carbocycles. The summed E-state index contributed by atoms with van der Waals surface area (Å²) in [5.41, 5.74) is 3.05. The first-order valence-corrected chi connectivity index (χ1v) is 10.4. The molecule has 0 atom stereocenters. The number of thioether (sulfide) groups is 1. The highest BCUT2D eigenvalue weighted by molar-refractivity contribution is 8.04. The Morgan fingerprint density at radius 3 is 2.21 bits per heavy atom. The van der Waals surface area contributed by atoms with Crippen molar-refractivity contribution in [1.82, 2.24) is 4.90 Å².